The first-order chi connectivity index (χ1) is 14.0. The summed E-state index contributed by atoms with van der Waals surface area (Å²) in [6, 6.07) is 13.9. The largest absolute Gasteiger partial charge is 0.494 e. The number of ether oxygens (including phenoxy) is 1. The molecule has 1 heterocycles. The van der Waals surface area contributed by atoms with Crippen LogP contribution >= 0.6 is 22.9 Å². The minimum Gasteiger partial charge on any atom is -0.494 e. The van der Waals surface area contributed by atoms with Crippen LogP contribution in [0.4, 0.5) is 0 Å². The van der Waals surface area contributed by atoms with Crippen LogP contribution in [0.15, 0.2) is 48.5 Å². The molecule has 0 saturated carbocycles. The number of nitrogens with one attached hydrogen (secondary N) is 3. The second-order valence-electron chi connectivity index (χ2n) is 5.88. The molecule has 29 heavy (non-hydrogen) atoms. The van der Waals surface area contributed by atoms with Gasteiger partial charge in [0.25, 0.3) is 17.7 Å². The van der Waals surface area contributed by atoms with Crippen molar-refractivity contribution in [1.29, 1.82) is 0 Å². The van der Waals surface area contributed by atoms with Crippen LogP contribution in [0.5, 0.6) is 5.75 Å². The van der Waals surface area contributed by atoms with Gasteiger partial charge in [-0.25, -0.2) is 0 Å². The van der Waals surface area contributed by atoms with Crippen molar-refractivity contribution < 1.29 is 19.1 Å². The van der Waals surface area contributed by atoms with Crippen LogP contribution in [0.2, 0.25) is 5.02 Å². The van der Waals surface area contributed by atoms with Gasteiger partial charge in [-0.1, -0.05) is 29.8 Å². The van der Waals surface area contributed by atoms with E-state index in [1.165, 1.54) is 11.3 Å². The number of carbonyl (C=O) groups is 3. The van der Waals surface area contributed by atoms with Crippen molar-refractivity contribution in [3.8, 4) is 5.75 Å². The Morgan fingerprint density at radius 3 is 2.41 bits per heavy atom. The predicted molar refractivity (Wildman–Crippen MR) is 112 cm³/mol. The van der Waals surface area contributed by atoms with E-state index in [-0.39, 0.29) is 6.54 Å². The molecule has 0 fully saturated rings. The number of hydrazine groups is 1. The minimum absolute atomic E-state index is 0.298. The standard InChI is InChI=1S/C20H18ClN3O4S/c1-2-28-13-9-7-12(8-10-13)19(26)22-11-16(25)23-24-20(27)18-17(21)14-5-3-4-6-15(14)29-18/h3-10H,2,11H2,1H3,(H,22,26)(H,23,25)(H,24,27). The van der Waals surface area contributed by atoms with E-state index in [1.807, 2.05) is 31.2 Å². The van der Waals surface area contributed by atoms with Crippen molar-refractivity contribution >= 4 is 50.7 Å². The van der Waals surface area contributed by atoms with Gasteiger partial charge in [-0.15, -0.1) is 11.3 Å². The molecular formula is C20H18ClN3O4S. The van der Waals surface area contributed by atoms with E-state index >= 15 is 0 Å². The third kappa shape index (κ3) is 5.04. The third-order valence-electron chi connectivity index (χ3n) is 3.89. The first-order valence-corrected chi connectivity index (χ1v) is 9.96. The van der Waals surface area contributed by atoms with E-state index in [2.05, 4.69) is 16.2 Å². The topological polar surface area (TPSA) is 96.5 Å². The number of rotatable bonds is 6. The molecule has 0 saturated heterocycles. The number of fused-ring (bicyclic) bond motifs is 1. The molecule has 3 rings (SSSR count). The Kier molecular flexibility index (Phi) is 6.69. The van der Waals surface area contributed by atoms with Gasteiger partial charge in [-0.3, -0.25) is 25.2 Å². The quantitative estimate of drug-likeness (QED) is 0.522. The number of hydrogen-bond donors (Lipinski definition) is 3. The Morgan fingerprint density at radius 1 is 1.00 bits per heavy atom. The van der Waals surface area contributed by atoms with Crippen molar-refractivity contribution in [2.24, 2.45) is 0 Å². The fourth-order valence-electron chi connectivity index (χ4n) is 2.52. The number of carbonyl (C=O) groups excluding carboxylic acids is 3. The van der Waals surface area contributed by atoms with Crippen LogP contribution in [0.25, 0.3) is 10.1 Å². The number of amides is 3. The van der Waals surface area contributed by atoms with Gasteiger partial charge in [0.05, 0.1) is 18.2 Å². The third-order valence-corrected chi connectivity index (χ3v) is 5.57. The molecule has 150 valence electrons. The lowest BCUT2D eigenvalue weighted by Gasteiger charge is -2.08. The molecule has 9 heteroatoms. The predicted octanol–water partition coefficient (Wildman–Crippen LogP) is 3.14. The summed E-state index contributed by atoms with van der Waals surface area (Å²) < 4.78 is 6.18. The summed E-state index contributed by atoms with van der Waals surface area (Å²) in [6.07, 6.45) is 0. The highest BCUT2D eigenvalue weighted by Crippen LogP contribution is 2.34. The van der Waals surface area contributed by atoms with Gasteiger partial charge in [0.1, 0.15) is 10.6 Å². The average Bonchev–Trinajstić information content (AvgIpc) is 3.08. The molecule has 3 aromatic rings. The second-order valence-corrected chi connectivity index (χ2v) is 7.31. The van der Waals surface area contributed by atoms with Gasteiger partial charge in [0, 0.05) is 15.6 Å². The smallest absolute Gasteiger partial charge is 0.281 e. The molecule has 0 bridgehead atoms. The fourth-order valence-corrected chi connectivity index (χ4v) is 3.93. The molecule has 0 aliphatic rings. The van der Waals surface area contributed by atoms with Crippen LogP contribution in [0.3, 0.4) is 0 Å². The second kappa shape index (κ2) is 9.40. The number of benzene rings is 2. The lowest BCUT2D eigenvalue weighted by molar-refractivity contribution is -0.120. The molecule has 2 aromatic carbocycles. The first kappa shape index (κ1) is 20.6. The Balaban J connectivity index is 1.49. The van der Waals surface area contributed by atoms with E-state index in [9.17, 15) is 14.4 Å². The highest BCUT2D eigenvalue weighted by Gasteiger charge is 2.17. The van der Waals surface area contributed by atoms with E-state index in [4.69, 9.17) is 16.3 Å². The molecule has 0 unspecified atom stereocenters. The molecule has 0 radical (unpaired) electrons. The zero-order chi connectivity index (χ0) is 20.8. The monoisotopic (exact) mass is 431 g/mol. The van der Waals surface area contributed by atoms with Crippen molar-refractivity contribution in [3.63, 3.8) is 0 Å². The maximum absolute atomic E-state index is 12.3. The summed E-state index contributed by atoms with van der Waals surface area (Å²) in [6.45, 7) is 2.10. The molecule has 0 aliphatic heterocycles. The van der Waals surface area contributed by atoms with Crippen molar-refractivity contribution in [3.05, 3.63) is 64.0 Å². The molecule has 0 aliphatic carbocycles. The van der Waals surface area contributed by atoms with E-state index in [0.717, 1.165) is 10.1 Å². The minimum atomic E-state index is -0.574. The number of hydrogen-bond acceptors (Lipinski definition) is 5. The number of halogens is 1. The molecular weight excluding hydrogens is 414 g/mol. The summed E-state index contributed by atoms with van der Waals surface area (Å²) in [5, 5.41) is 3.59. The summed E-state index contributed by atoms with van der Waals surface area (Å²) in [4.78, 5) is 36.6. The zero-order valence-electron chi connectivity index (χ0n) is 15.5. The lowest BCUT2D eigenvalue weighted by Crippen LogP contribution is -2.46. The van der Waals surface area contributed by atoms with Crippen molar-refractivity contribution in [2.45, 2.75) is 6.92 Å². The average molecular weight is 432 g/mol. The lowest BCUT2D eigenvalue weighted by atomic mass is 10.2. The van der Waals surface area contributed by atoms with Gasteiger partial charge in [-0.05, 0) is 37.3 Å². The normalized spacial score (nSPS) is 10.4. The van der Waals surface area contributed by atoms with Gasteiger partial charge in [-0.2, -0.15) is 0 Å². The Bertz CT molecular complexity index is 1050. The molecule has 3 amide bonds. The van der Waals surface area contributed by atoms with Crippen LogP contribution in [0, 0.1) is 0 Å². The summed E-state index contributed by atoms with van der Waals surface area (Å²) in [7, 11) is 0. The van der Waals surface area contributed by atoms with E-state index in [1.54, 1.807) is 24.3 Å². The number of thiophene rings is 1. The zero-order valence-corrected chi connectivity index (χ0v) is 17.0. The fraction of sp³-hybridized carbons (Fsp3) is 0.150. The summed E-state index contributed by atoms with van der Waals surface area (Å²) >= 11 is 7.47. The molecule has 1 aromatic heterocycles. The SMILES string of the molecule is CCOc1ccc(C(=O)NCC(=O)NNC(=O)c2sc3ccccc3c2Cl)cc1. The van der Waals surface area contributed by atoms with Gasteiger partial charge >= 0.3 is 0 Å². The van der Waals surface area contributed by atoms with Crippen LogP contribution in [-0.4, -0.2) is 30.9 Å². The van der Waals surface area contributed by atoms with Crippen molar-refractivity contribution in [1.82, 2.24) is 16.2 Å². The summed E-state index contributed by atoms with van der Waals surface area (Å²) in [5.74, 6) is -0.858. The molecule has 3 N–H and O–H groups in total. The maximum Gasteiger partial charge on any atom is 0.281 e. The van der Waals surface area contributed by atoms with E-state index in [0.29, 0.717) is 27.8 Å². The Labute approximate surface area is 176 Å². The Hall–Kier alpha value is -3.10. The van der Waals surface area contributed by atoms with Crippen molar-refractivity contribution in [2.75, 3.05) is 13.2 Å². The highest BCUT2D eigenvalue weighted by molar-refractivity contribution is 7.21. The van der Waals surface area contributed by atoms with Crippen LogP contribution in [0.1, 0.15) is 27.0 Å². The molecule has 7 nitrogen and oxygen atoms in total. The maximum atomic E-state index is 12.3. The molecule has 0 spiro atoms. The van der Waals surface area contributed by atoms with E-state index < -0.39 is 17.7 Å². The first-order valence-electron chi connectivity index (χ1n) is 8.77. The molecule has 0 atom stereocenters. The van der Waals surface area contributed by atoms with Gasteiger partial charge in [0.2, 0.25) is 0 Å². The van der Waals surface area contributed by atoms with Gasteiger partial charge in [0.15, 0.2) is 0 Å². The van der Waals surface area contributed by atoms with Crippen LogP contribution < -0.4 is 20.9 Å². The summed E-state index contributed by atoms with van der Waals surface area (Å²) in [5.41, 5.74) is 4.96. The van der Waals surface area contributed by atoms with Gasteiger partial charge < -0.3 is 10.1 Å². The Morgan fingerprint density at radius 2 is 1.72 bits per heavy atom. The highest BCUT2D eigenvalue weighted by atomic mass is 35.5. The van der Waals surface area contributed by atoms with Crippen LogP contribution in [-0.2, 0) is 4.79 Å².